The van der Waals surface area contributed by atoms with Crippen molar-refractivity contribution in [1.29, 1.82) is 0 Å². The molecule has 1 amide bonds. The number of benzene rings is 1. The highest BCUT2D eigenvalue weighted by molar-refractivity contribution is 7.90. The third kappa shape index (κ3) is 5.48. The predicted octanol–water partition coefficient (Wildman–Crippen LogP) is 4.29. The summed E-state index contributed by atoms with van der Waals surface area (Å²) in [5.41, 5.74) is 0.445. The molecule has 3 fully saturated rings. The van der Waals surface area contributed by atoms with Gasteiger partial charge in [-0.25, -0.2) is 13.2 Å². The molecule has 4 rings (SSSR count). The van der Waals surface area contributed by atoms with Crippen LogP contribution in [-0.2, 0) is 14.6 Å². The summed E-state index contributed by atoms with van der Waals surface area (Å²) >= 11 is 0. The number of carbonyl (C=O) groups excluding carboxylic acids is 1. The molecule has 1 heterocycles. The number of rotatable bonds is 8. The van der Waals surface area contributed by atoms with E-state index < -0.39 is 9.84 Å². The molecule has 0 bridgehead atoms. The van der Waals surface area contributed by atoms with Gasteiger partial charge in [-0.2, -0.15) is 0 Å². The van der Waals surface area contributed by atoms with Gasteiger partial charge in [0.1, 0.15) is 5.75 Å². The van der Waals surface area contributed by atoms with Crippen LogP contribution in [0, 0.1) is 17.3 Å². The van der Waals surface area contributed by atoms with Crippen LogP contribution in [0.15, 0.2) is 29.2 Å². The van der Waals surface area contributed by atoms with Gasteiger partial charge in [0, 0.05) is 19.3 Å². The Labute approximate surface area is 179 Å². The smallest absolute Gasteiger partial charge is 0.409 e. The molecule has 1 saturated heterocycles. The van der Waals surface area contributed by atoms with E-state index in [2.05, 4.69) is 0 Å². The molecular weight excluding hydrogens is 402 g/mol. The molecule has 166 valence electrons. The monoisotopic (exact) mass is 435 g/mol. The minimum absolute atomic E-state index is 0.116. The molecule has 0 unspecified atom stereocenters. The molecule has 0 atom stereocenters. The van der Waals surface area contributed by atoms with Gasteiger partial charge in [0.2, 0.25) is 0 Å². The number of likely N-dealkylation sites (tertiary alicyclic amines) is 1. The average molecular weight is 436 g/mol. The van der Waals surface area contributed by atoms with Gasteiger partial charge < -0.3 is 14.4 Å². The molecule has 1 aliphatic heterocycles. The highest BCUT2D eigenvalue weighted by Gasteiger charge is 2.46. The number of sulfone groups is 1. The van der Waals surface area contributed by atoms with Gasteiger partial charge in [-0.15, -0.1) is 0 Å². The second-order valence-electron chi connectivity index (χ2n) is 9.52. The Morgan fingerprint density at radius 1 is 1.10 bits per heavy atom. The van der Waals surface area contributed by atoms with E-state index in [4.69, 9.17) is 9.47 Å². The van der Waals surface area contributed by atoms with Gasteiger partial charge in [-0.3, -0.25) is 0 Å². The van der Waals surface area contributed by atoms with Crippen LogP contribution >= 0.6 is 0 Å². The number of piperidine rings is 1. The third-order valence-electron chi connectivity index (χ3n) is 6.94. The van der Waals surface area contributed by atoms with Gasteiger partial charge in [0.05, 0.1) is 18.1 Å². The van der Waals surface area contributed by atoms with Crippen LogP contribution < -0.4 is 4.74 Å². The molecular formula is C23H33NO5S. The lowest BCUT2D eigenvalue weighted by molar-refractivity contribution is -0.0177. The number of amides is 1. The fraction of sp³-hybridized carbons (Fsp3) is 0.696. The number of carbonyl (C=O) groups is 1. The van der Waals surface area contributed by atoms with Crippen LogP contribution in [0.1, 0.15) is 51.4 Å². The number of hydrogen-bond donors (Lipinski definition) is 0. The number of hydrogen-bond acceptors (Lipinski definition) is 5. The first kappa shape index (κ1) is 21.5. The van der Waals surface area contributed by atoms with E-state index in [0.29, 0.717) is 35.2 Å². The van der Waals surface area contributed by atoms with E-state index in [1.54, 1.807) is 24.3 Å². The zero-order chi connectivity index (χ0) is 21.2. The maximum Gasteiger partial charge on any atom is 0.409 e. The van der Waals surface area contributed by atoms with E-state index >= 15 is 0 Å². The first-order valence-corrected chi connectivity index (χ1v) is 13.1. The maximum atomic E-state index is 12.1. The number of ether oxygens (including phenoxy) is 2. The largest absolute Gasteiger partial charge is 0.494 e. The van der Waals surface area contributed by atoms with E-state index in [1.165, 1.54) is 31.9 Å². The molecule has 30 heavy (non-hydrogen) atoms. The summed E-state index contributed by atoms with van der Waals surface area (Å²) in [5.74, 6) is 2.09. The van der Waals surface area contributed by atoms with Crippen molar-refractivity contribution in [2.24, 2.45) is 17.3 Å². The Morgan fingerprint density at radius 3 is 2.37 bits per heavy atom. The summed E-state index contributed by atoms with van der Waals surface area (Å²) in [6, 6.07) is 6.62. The summed E-state index contributed by atoms with van der Waals surface area (Å²) in [7, 11) is -3.16. The summed E-state index contributed by atoms with van der Waals surface area (Å²) in [6.07, 6.45) is 10.4. The van der Waals surface area contributed by atoms with Crippen molar-refractivity contribution in [3.63, 3.8) is 0 Å². The molecule has 2 saturated carbocycles. The first-order valence-electron chi connectivity index (χ1n) is 11.2. The standard InChI is InChI=1S/C23H33NO5S/c1-30(26,27)21-8-6-20(7-9-21)28-14-2-3-19-15-23(16-19)10-12-24(13-11-23)22(25)29-17-18-4-5-18/h6-9,18-19H,2-5,10-17H2,1H3. The van der Waals surface area contributed by atoms with Crippen molar-refractivity contribution in [2.75, 3.05) is 32.6 Å². The minimum atomic E-state index is -3.16. The van der Waals surface area contributed by atoms with Crippen molar-refractivity contribution in [3.05, 3.63) is 24.3 Å². The van der Waals surface area contributed by atoms with E-state index in [0.717, 1.165) is 44.7 Å². The van der Waals surface area contributed by atoms with Gasteiger partial charge in [0.25, 0.3) is 0 Å². The second kappa shape index (κ2) is 8.77. The molecule has 3 aliphatic rings. The Balaban J connectivity index is 1.09. The fourth-order valence-electron chi connectivity index (χ4n) is 4.85. The highest BCUT2D eigenvalue weighted by Crippen LogP contribution is 2.54. The normalized spacial score (nSPS) is 21.3. The van der Waals surface area contributed by atoms with Crippen LogP contribution in [0.2, 0.25) is 0 Å². The molecule has 7 heteroatoms. The van der Waals surface area contributed by atoms with Crippen molar-refractivity contribution in [1.82, 2.24) is 4.90 Å². The summed E-state index contributed by atoms with van der Waals surface area (Å²) in [4.78, 5) is 14.3. The van der Waals surface area contributed by atoms with E-state index in [1.807, 2.05) is 4.90 Å². The Kier molecular flexibility index (Phi) is 6.28. The van der Waals surface area contributed by atoms with Gasteiger partial charge in [-0.1, -0.05) is 0 Å². The van der Waals surface area contributed by atoms with Crippen LogP contribution in [0.4, 0.5) is 4.79 Å². The lowest BCUT2D eigenvalue weighted by Crippen LogP contribution is -2.49. The van der Waals surface area contributed by atoms with Gasteiger partial charge in [0.15, 0.2) is 9.84 Å². The molecule has 1 aromatic carbocycles. The summed E-state index contributed by atoms with van der Waals surface area (Å²) in [5, 5.41) is 0. The van der Waals surface area contributed by atoms with Crippen molar-refractivity contribution >= 4 is 15.9 Å². The highest BCUT2D eigenvalue weighted by atomic mass is 32.2. The molecule has 0 radical (unpaired) electrons. The predicted molar refractivity (Wildman–Crippen MR) is 114 cm³/mol. The Bertz CT molecular complexity index is 831. The lowest BCUT2D eigenvalue weighted by Gasteiger charge is -2.52. The minimum Gasteiger partial charge on any atom is -0.494 e. The summed E-state index contributed by atoms with van der Waals surface area (Å²) < 4.78 is 34.2. The quantitative estimate of drug-likeness (QED) is 0.570. The van der Waals surface area contributed by atoms with Crippen LogP contribution in [0.25, 0.3) is 0 Å². The lowest BCUT2D eigenvalue weighted by atomic mass is 9.56. The van der Waals surface area contributed by atoms with Crippen LogP contribution in [0.3, 0.4) is 0 Å². The van der Waals surface area contributed by atoms with E-state index in [9.17, 15) is 13.2 Å². The molecule has 2 aliphatic carbocycles. The molecule has 6 nitrogen and oxygen atoms in total. The van der Waals surface area contributed by atoms with Crippen molar-refractivity contribution in [2.45, 2.75) is 56.3 Å². The zero-order valence-corrected chi connectivity index (χ0v) is 18.7. The SMILES string of the molecule is CS(=O)(=O)c1ccc(OCCCC2CC3(CCN(C(=O)OCC4CC4)CC3)C2)cc1. The Morgan fingerprint density at radius 2 is 1.77 bits per heavy atom. The molecule has 0 N–H and O–H groups in total. The summed E-state index contributed by atoms with van der Waals surface area (Å²) in [6.45, 7) is 2.93. The molecule has 1 aromatic rings. The first-order chi connectivity index (χ1) is 14.3. The average Bonchev–Trinajstić information content (AvgIpc) is 3.52. The second-order valence-corrected chi connectivity index (χ2v) is 11.5. The van der Waals surface area contributed by atoms with Gasteiger partial charge >= 0.3 is 6.09 Å². The van der Waals surface area contributed by atoms with Gasteiger partial charge in [-0.05, 0) is 92.9 Å². The van der Waals surface area contributed by atoms with Crippen molar-refractivity contribution < 1.29 is 22.7 Å². The molecule has 1 spiro atoms. The van der Waals surface area contributed by atoms with Crippen LogP contribution in [-0.4, -0.2) is 52.0 Å². The zero-order valence-electron chi connectivity index (χ0n) is 17.8. The topological polar surface area (TPSA) is 72.9 Å². The van der Waals surface area contributed by atoms with E-state index in [-0.39, 0.29) is 6.09 Å². The molecule has 0 aromatic heterocycles. The Hall–Kier alpha value is -1.76. The maximum absolute atomic E-state index is 12.1. The number of nitrogens with zero attached hydrogens (tertiary/aromatic N) is 1. The van der Waals surface area contributed by atoms with Crippen molar-refractivity contribution in [3.8, 4) is 5.75 Å². The van der Waals surface area contributed by atoms with Crippen LogP contribution in [0.5, 0.6) is 5.75 Å². The third-order valence-corrected chi connectivity index (χ3v) is 8.07. The fourth-order valence-corrected chi connectivity index (χ4v) is 5.48.